The first-order valence-corrected chi connectivity index (χ1v) is 13.2. The first-order chi connectivity index (χ1) is 11.6. The van der Waals surface area contributed by atoms with Crippen LogP contribution in [0.15, 0.2) is 24.3 Å². The van der Waals surface area contributed by atoms with Crippen molar-refractivity contribution in [3.63, 3.8) is 0 Å². The second kappa shape index (κ2) is 9.62. The van der Waals surface area contributed by atoms with Crippen LogP contribution in [0.25, 0.3) is 0 Å². The van der Waals surface area contributed by atoms with Crippen LogP contribution in [-0.4, -0.2) is 26.4 Å². The number of unbranched alkanes of at least 4 members (excludes halogenated alkanes) is 1. The fraction of sp³-hybridized carbons (Fsp3) is 0.714. The number of rotatable bonds is 9. The molecule has 0 amide bonds. The van der Waals surface area contributed by atoms with Gasteiger partial charge in [-0.25, -0.2) is 0 Å². The van der Waals surface area contributed by atoms with E-state index in [9.17, 15) is 0 Å². The lowest BCUT2D eigenvalue weighted by Gasteiger charge is -2.38. The Hall–Kier alpha value is -0.803. The molecule has 3 heteroatoms. The van der Waals surface area contributed by atoms with Crippen LogP contribution in [0.5, 0.6) is 5.75 Å². The second-order valence-corrected chi connectivity index (χ2v) is 13.4. The van der Waals surface area contributed by atoms with Crippen molar-refractivity contribution in [2.75, 3.05) is 13.2 Å². The maximum Gasteiger partial charge on any atom is 0.119 e. The van der Waals surface area contributed by atoms with E-state index in [0.717, 1.165) is 17.2 Å². The summed E-state index contributed by atoms with van der Waals surface area (Å²) in [6.45, 7) is 8.34. The third kappa shape index (κ3) is 5.63. The van der Waals surface area contributed by atoms with Crippen molar-refractivity contribution in [2.45, 2.75) is 82.5 Å². The molecule has 0 unspecified atom stereocenters. The van der Waals surface area contributed by atoms with E-state index in [2.05, 4.69) is 44.3 Å². The number of aliphatic hydroxyl groups excluding tert-OH is 1. The van der Waals surface area contributed by atoms with Gasteiger partial charge in [-0.05, 0) is 42.0 Å². The highest BCUT2D eigenvalue weighted by Gasteiger charge is 2.34. The number of ether oxygens (including phenoxy) is 1. The first-order valence-electron chi connectivity index (χ1n) is 9.90. The second-order valence-electron chi connectivity index (χ2n) is 8.14. The maximum atomic E-state index is 8.81. The smallest absolute Gasteiger partial charge is 0.119 e. The molecule has 0 spiro atoms. The van der Waals surface area contributed by atoms with E-state index in [1.54, 1.807) is 0 Å². The minimum Gasteiger partial charge on any atom is -0.494 e. The topological polar surface area (TPSA) is 29.5 Å². The van der Waals surface area contributed by atoms with E-state index < -0.39 is 8.07 Å². The lowest BCUT2D eigenvalue weighted by Crippen LogP contribution is -2.34. The Kier molecular flexibility index (Phi) is 7.83. The van der Waals surface area contributed by atoms with Crippen molar-refractivity contribution in [1.82, 2.24) is 0 Å². The summed E-state index contributed by atoms with van der Waals surface area (Å²) in [5.41, 5.74) is 2.51. The van der Waals surface area contributed by atoms with Crippen LogP contribution < -0.4 is 4.74 Å². The molecule has 1 N–H and O–H groups in total. The highest BCUT2D eigenvalue weighted by molar-refractivity contribution is 6.78. The average Bonchev–Trinajstić information content (AvgIpc) is 2.61. The third-order valence-corrected chi connectivity index (χ3v) is 10.4. The number of aliphatic hydroxyl groups is 1. The Morgan fingerprint density at radius 1 is 1.04 bits per heavy atom. The highest BCUT2D eigenvalue weighted by atomic mass is 28.3. The quantitative estimate of drug-likeness (QED) is 0.439. The van der Waals surface area contributed by atoms with Crippen LogP contribution in [0, 0.1) is 0 Å². The number of hydrogen-bond donors (Lipinski definition) is 1. The zero-order valence-corrected chi connectivity index (χ0v) is 16.9. The van der Waals surface area contributed by atoms with Crippen molar-refractivity contribution in [3.8, 4) is 5.75 Å². The molecular weight excluding hydrogens is 312 g/mol. The van der Waals surface area contributed by atoms with Gasteiger partial charge in [0.15, 0.2) is 0 Å². The molecule has 1 aromatic carbocycles. The molecule has 1 aromatic rings. The molecule has 24 heavy (non-hydrogen) atoms. The summed E-state index contributed by atoms with van der Waals surface area (Å²) in [6.07, 6.45) is 9.06. The van der Waals surface area contributed by atoms with Gasteiger partial charge in [-0.3, -0.25) is 0 Å². The molecule has 0 bridgehead atoms. The van der Waals surface area contributed by atoms with Crippen molar-refractivity contribution >= 4 is 8.07 Å². The maximum absolute atomic E-state index is 8.81. The summed E-state index contributed by atoms with van der Waals surface area (Å²) in [7, 11) is -1.02. The van der Waals surface area contributed by atoms with Crippen LogP contribution in [0.1, 0.15) is 63.4 Å². The fourth-order valence-electron chi connectivity index (χ4n) is 4.14. The summed E-state index contributed by atoms with van der Waals surface area (Å²) < 4.78 is 5.63. The van der Waals surface area contributed by atoms with Crippen molar-refractivity contribution in [3.05, 3.63) is 29.8 Å². The van der Waals surface area contributed by atoms with Crippen molar-refractivity contribution < 1.29 is 9.84 Å². The Labute approximate surface area is 149 Å². The van der Waals surface area contributed by atoms with Gasteiger partial charge in [0.2, 0.25) is 0 Å². The predicted octanol–water partition coefficient (Wildman–Crippen LogP) is 5.98. The summed E-state index contributed by atoms with van der Waals surface area (Å²) in [6, 6.07) is 10.2. The molecular formula is C21H36O2Si. The largest absolute Gasteiger partial charge is 0.494 e. The molecule has 1 saturated carbocycles. The molecule has 1 aliphatic rings. The van der Waals surface area contributed by atoms with E-state index in [1.807, 2.05) is 0 Å². The molecule has 0 heterocycles. The predicted molar refractivity (Wildman–Crippen MR) is 106 cm³/mol. The van der Waals surface area contributed by atoms with Crippen LogP contribution in [0.3, 0.4) is 0 Å². The number of hydrogen-bond acceptors (Lipinski definition) is 2. The minimum absolute atomic E-state index is 0.194. The van der Waals surface area contributed by atoms with E-state index in [1.165, 1.54) is 50.1 Å². The van der Waals surface area contributed by atoms with Crippen LogP contribution in [0.2, 0.25) is 24.7 Å². The van der Waals surface area contributed by atoms with E-state index in [-0.39, 0.29) is 6.61 Å². The van der Waals surface area contributed by atoms with Gasteiger partial charge in [0, 0.05) is 13.0 Å². The molecule has 1 aliphatic carbocycles. The molecule has 0 atom stereocenters. The SMILES string of the molecule is CCCC[Si](C)(C)C1CCC(c2ccc(OCCCO)cc2)CC1. The fourth-order valence-corrected chi connectivity index (χ4v) is 7.70. The lowest BCUT2D eigenvalue weighted by atomic mass is 9.84. The standard InChI is InChI=1S/C21H36O2Si/c1-4-5-17-24(2,3)21-13-9-19(10-14-21)18-7-11-20(12-8-18)23-16-6-15-22/h7-8,11-12,19,21-22H,4-6,9-10,13-17H2,1-3H3. The van der Waals surface area contributed by atoms with Gasteiger partial charge in [-0.15, -0.1) is 0 Å². The van der Waals surface area contributed by atoms with E-state index in [0.29, 0.717) is 13.0 Å². The third-order valence-electron chi connectivity index (χ3n) is 5.93. The molecule has 136 valence electrons. The Morgan fingerprint density at radius 2 is 1.71 bits per heavy atom. The number of benzene rings is 1. The average molecular weight is 349 g/mol. The van der Waals surface area contributed by atoms with E-state index in [4.69, 9.17) is 9.84 Å². The molecule has 0 radical (unpaired) electrons. The molecule has 1 fully saturated rings. The molecule has 0 aromatic heterocycles. The van der Waals surface area contributed by atoms with Gasteiger partial charge >= 0.3 is 0 Å². The summed E-state index contributed by atoms with van der Waals surface area (Å²) >= 11 is 0. The highest BCUT2D eigenvalue weighted by Crippen LogP contribution is 2.45. The van der Waals surface area contributed by atoms with Crippen LogP contribution in [-0.2, 0) is 0 Å². The normalized spacial score (nSPS) is 21.7. The van der Waals surface area contributed by atoms with Gasteiger partial charge in [0.1, 0.15) is 5.75 Å². The lowest BCUT2D eigenvalue weighted by molar-refractivity contribution is 0.233. The Bertz CT molecular complexity index is 461. The first kappa shape index (κ1) is 19.5. The summed E-state index contributed by atoms with van der Waals surface area (Å²) in [5, 5.41) is 8.81. The Morgan fingerprint density at radius 3 is 2.29 bits per heavy atom. The van der Waals surface area contributed by atoms with Gasteiger partial charge in [-0.2, -0.15) is 0 Å². The van der Waals surface area contributed by atoms with Gasteiger partial charge < -0.3 is 9.84 Å². The van der Waals surface area contributed by atoms with Crippen LogP contribution >= 0.6 is 0 Å². The van der Waals surface area contributed by atoms with Gasteiger partial charge in [-0.1, -0.05) is 63.9 Å². The van der Waals surface area contributed by atoms with Crippen molar-refractivity contribution in [1.29, 1.82) is 0 Å². The summed E-state index contributed by atoms with van der Waals surface area (Å²) in [5.74, 6) is 1.66. The van der Waals surface area contributed by atoms with Gasteiger partial charge in [0.25, 0.3) is 0 Å². The van der Waals surface area contributed by atoms with Crippen molar-refractivity contribution in [2.24, 2.45) is 0 Å². The zero-order valence-electron chi connectivity index (χ0n) is 15.9. The minimum atomic E-state index is -1.02. The van der Waals surface area contributed by atoms with Crippen LogP contribution in [0.4, 0.5) is 0 Å². The molecule has 0 aliphatic heterocycles. The Balaban J connectivity index is 1.83. The monoisotopic (exact) mass is 348 g/mol. The molecule has 0 saturated heterocycles. The zero-order chi connectivity index (χ0) is 17.4. The molecule has 2 rings (SSSR count). The summed E-state index contributed by atoms with van der Waals surface area (Å²) in [4.78, 5) is 0. The van der Waals surface area contributed by atoms with E-state index >= 15 is 0 Å². The molecule has 2 nitrogen and oxygen atoms in total. The van der Waals surface area contributed by atoms with Gasteiger partial charge in [0.05, 0.1) is 14.7 Å².